The predicted octanol–water partition coefficient (Wildman–Crippen LogP) is 2.90. The number of hydrogen-bond acceptors (Lipinski definition) is 5. The summed E-state index contributed by atoms with van der Waals surface area (Å²) < 4.78 is 1.52. The van der Waals surface area contributed by atoms with Gasteiger partial charge in [-0.15, -0.1) is 5.10 Å². The van der Waals surface area contributed by atoms with Gasteiger partial charge in [-0.1, -0.05) is 30.3 Å². The van der Waals surface area contributed by atoms with Gasteiger partial charge in [0.15, 0.2) is 5.82 Å². The van der Waals surface area contributed by atoms with Crippen LogP contribution in [0.1, 0.15) is 5.56 Å². The molecule has 0 unspecified atom stereocenters. The SMILES string of the molecule is N#Cc1c(N)nn(-c2ccccc2)c1-c1cccc([N+](=O)[O-])c1. The lowest BCUT2D eigenvalue weighted by molar-refractivity contribution is -0.384. The maximum absolute atomic E-state index is 11.0. The van der Waals surface area contributed by atoms with Gasteiger partial charge >= 0.3 is 0 Å². The number of nitrogens with zero attached hydrogens (tertiary/aromatic N) is 4. The van der Waals surface area contributed by atoms with E-state index in [9.17, 15) is 15.4 Å². The van der Waals surface area contributed by atoms with Crippen LogP contribution in [0.15, 0.2) is 54.6 Å². The zero-order chi connectivity index (χ0) is 16.4. The third-order valence-electron chi connectivity index (χ3n) is 3.36. The molecule has 0 bridgehead atoms. The van der Waals surface area contributed by atoms with E-state index in [2.05, 4.69) is 5.10 Å². The van der Waals surface area contributed by atoms with E-state index in [0.29, 0.717) is 16.9 Å². The van der Waals surface area contributed by atoms with Gasteiger partial charge in [-0.2, -0.15) is 5.26 Å². The molecule has 0 aliphatic carbocycles. The molecule has 0 saturated carbocycles. The first-order valence-corrected chi connectivity index (χ1v) is 6.70. The Balaban J connectivity index is 2.28. The van der Waals surface area contributed by atoms with Gasteiger partial charge in [-0.3, -0.25) is 10.1 Å². The first-order chi connectivity index (χ1) is 11.1. The summed E-state index contributed by atoms with van der Waals surface area (Å²) in [6.45, 7) is 0. The molecule has 1 heterocycles. The van der Waals surface area contributed by atoms with Crippen molar-refractivity contribution in [2.24, 2.45) is 0 Å². The zero-order valence-electron chi connectivity index (χ0n) is 11.9. The van der Waals surface area contributed by atoms with E-state index in [0.717, 1.165) is 0 Å². The van der Waals surface area contributed by atoms with Gasteiger partial charge in [0.1, 0.15) is 11.6 Å². The maximum atomic E-state index is 11.0. The first kappa shape index (κ1) is 14.3. The Kier molecular flexibility index (Phi) is 3.49. The van der Waals surface area contributed by atoms with E-state index in [1.165, 1.54) is 16.8 Å². The maximum Gasteiger partial charge on any atom is 0.270 e. The Morgan fingerprint density at radius 1 is 1.17 bits per heavy atom. The number of aromatic nitrogens is 2. The highest BCUT2D eigenvalue weighted by molar-refractivity contribution is 5.75. The number of anilines is 1. The molecular weight excluding hydrogens is 294 g/mol. The number of nitro benzene ring substituents is 1. The number of benzene rings is 2. The lowest BCUT2D eigenvalue weighted by Gasteiger charge is -2.07. The summed E-state index contributed by atoms with van der Waals surface area (Å²) in [6, 6.07) is 17.2. The molecule has 3 aromatic rings. The van der Waals surface area contributed by atoms with Crippen LogP contribution in [0.2, 0.25) is 0 Å². The average molecular weight is 305 g/mol. The number of nitrogen functional groups attached to an aromatic ring is 1. The minimum atomic E-state index is -0.484. The van der Waals surface area contributed by atoms with Crippen LogP contribution in [-0.2, 0) is 0 Å². The van der Waals surface area contributed by atoms with Gasteiger partial charge in [0.25, 0.3) is 5.69 Å². The molecule has 23 heavy (non-hydrogen) atoms. The molecular formula is C16H11N5O2. The second kappa shape index (κ2) is 5.61. The van der Waals surface area contributed by atoms with Gasteiger partial charge in [0.2, 0.25) is 0 Å². The molecule has 7 heteroatoms. The summed E-state index contributed by atoms with van der Waals surface area (Å²) in [7, 11) is 0. The predicted molar refractivity (Wildman–Crippen MR) is 84.8 cm³/mol. The third-order valence-corrected chi connectivity index (χ3v) is 3.36. The number of nitrogens with two attached hydrogens (primary N) is 1. The standard InChI is InChI=1S/C16H11N5O2/c17-10-14-15(11-5-4-8-13(9-11)21(22)23)20(19-16(14)18)12-6-2-1-3-7-12/h1-9H,(H2,18,19). The summed E-state index contributed by atoms with van der Waals surface area (Å²) >= 11 is 0. The third kappa shape index (κ3) is 2.49. The highest BCUT2D eigenvalue weighted by Crippen LogP contribution is 2.31. The number of rotatable bonds is 3. The molecule has 0 amide bonds. The molecule has 3 rings (SSSR count). The normalized spacial score (nSPS) is 10.2. The van der Waals surface area contributed by atoms with Gasteiger partial charge in [0.05, 0.1) is 16.3 Å². The molecule has 0 spiro atoms. The van der Waals surface area contributed by atoms with Crippen molar-refractivity contribution in [3.8, 4) is 23.0 Å². The van der Waals surface area contributed by atoms with E-state index in [4.69, 9.17) is 5.73 Å². The van der Waals surface area contributed by atoms with Crippen molar-refractivity contribution in [1.29, 1.82) is 5.26 Å². The Labute approximate surface area is 131 Å². The van der Waals surface area contributed by atoms with Gasteiger partial charge in [-0.25, -0.2) is 4.68 Å². The molecule has 0 aliphatic rings. The smallest absolute Gasteiger partial charge is 0.270 e. The quantitative estimate of drug-likeness (QED) is 0.590. The molecule has 2 N–H and O–H groups in total. The summed E-state index contributed by atoms with van der Waals surface area (Å²) in [6.07, 6.45) is 0. The van der Waals surface area contributed by atoms with Crippen LogP contribution in [-0.4, -0.2) is 14.7 Å². The van der Waals surface area contributed by atoms with Crippen molar-refractivity contribution in [2.75, 3.05) is 5.73 Å². The van der Waals surface area contributed by atoms with E-state index >= 15 is 0 Å². The molecule has 0 aliphatic heterocycles. The molecule has 0 fully saturated rings. The second-order valence-corrected chi connectivity index (χ2v) is 4.78. The number of hydrogen-bond donors (Lipinski definition) is 1. The first-order valence-electron chi connectivity index (χ1n) is 6.70. The Morgan fingerprint density at radius 3 is 2.57 bits per heavy atom. The summed E-state index contributed by atoms with van der Waals surface area (Å²) in [5.41, 5.74) is 7.61. The van der Waals surface area contributed by atoms with Crippen LogP contribution in [0, 0.1) is 21.4 Å². The fourth-order valence-corrected chi connectivity index (χ4v) is 2.33. The molecule has 7 nitrogen and oxygen atoms in total. The van der Waals surface area contributed by atoms with Crippen molar-refractivity contribution >= 4 is 11.5 Å². The fraction of sp³-hybridized carbons (Fsp3) is 0. The Bertz CT molecular complexity index is 925. The van der Waals surface area contributed by atoms with Gasteiger partial charge in [0, 0.05) is 17.7 Å². The Hall–Kier alpha value is -3.66. The number of non-ortho nitro benzene ring substituents is 1. The summed E-state index contributed by atoms with van der Waals surface area (Å²) in [5, 5.41) is 24.6. The molecule has 0 radical (unpaired) electrons. The zero-order valence-corrected chi connectivity index (χ0v) is 11.9. The molecule has 0 saturated heterocycles. The monoisotopic (exact) mass is 305 g/mol. The largest absolute Gasteiger partial charge is 0.381 e. The number of nitro groups is 1. The molecule has 1 aromatic heterocycles. The van der Waals surface area contributed by atoms with Crippen molar-refractivity contribution in [3.63, 3.8) is 0 Å². The minimum absolute atomic E-state index is 0.0641. The fourth-order valence-electron chi connectivity index (χ4n) is 2.33. The molecule has 2 aromatic carbocycles. The van der Waals surface area contributed by atoms with E-state index in [1.54, 1.807) is 12.1 Å². The second-order valence-electron chi connectivity index (χ2n) is 4.78. The number of para-hydroxylation sites is 1. The van der Waals surface area contributed by atoms with Crippen molar-refractivity contribution in [1.82, 2.24) is 9.78 Å². The van der Waals surface area contributed by atoms with Crippen LogP contribution in [0.4, 0.5) is 11.5 Å². The van der Waals surface area contributed by atoms with Crippen LogP contribution in [0.25, 0.3) is 16.9 Å². The topological polar surface area (TPSA) is 111 Å². The summed E-state index contributed by atoms with van der Waals surface area (Å²) in [4.78, 5) is 10.5. The van der Waals surface area contributed by atoms with E-state index in [-0.39, 0.29) is 17.1 Å². The van der Waals surface area contributed by atoms with Crippen molar-refractivity contribution in [3.05, 3.63) is 70.3 Å². The highest BCUT2D eigenvalue weighted by Gasteiger charge is 2.20. The van der Waals surface area contributed by atoms with Gasteiger partial charge in [-0.05, 0) is 12.1 Å². The minimum Gasteiger partial charge on any atom is -0.381 e. The molecule has 0 atom stereocenters. The number of nitriles is 1. The van der Waals surface area contributed by atoms with Crippen LogP contribution < -0.4 is 5.73 Å². The van der Waals surface area contributed by atoms with Crippen LogP contribution >= 0.6 is 0 Å². The average Bonchev–Trinajstić information content (AvgIpc) is 2.92. The van der Waals surface area contributed by atoms with E-state index in [1.807, 2.05) is 36.4 Å². The summed E-state index contributed by atoms with van der Waals surface area (Å²) in [5.74, 6) is 0.0814. The lowest BCUT2D eigenvalue weighted by atomic mass is 10.1. The molecule has 112 valence electrons. The van der Waals surface area contributed by atoms with Crippen molar-refractivity contribution in [2.45, 2.75) is 0 Å². The Morgan fingerprint density at radius 2 is 1.91 bits per heavy atom. The van der Waals surface area contributed by atoms with Crippen LogP contribution in [0.3, 0.4) is 0 Å². The highest BCUT2D eigenvalue weighted by atomic mass is 16.6. The lowest BCUT2D eigenvalue weighted by Crippen LogP contribution is -2.00. The van der Waals surface area contributed by atoms with Gasteiger partial charge < -0.3 is 5.73 Å². The van der Waals surface area contributed by atoms with Crippen LogP contribution in [0.5, 0.6) is 0 Å². The van der Waals surface area contributed by atoms with E-state index < -0.39 is 4.92 Å². The van der Waals surface area contributed by atoms with Crippen molar-refractivity contribution < 1.29 is 4.92 Å².